The van der Waals surface area contributed by atoms with E-state index in [1.165, 1.54) is 27.8 Å². The Labute approximate surface area is 79.6 Å². The molecule has 0 nitrogen and oxygen atoms in total. The van der Waals surface area contributed by atoms with Crippen molar-refractivity contribution < 1.29 is 0 Å². The van der Waals surface area contributed by atoms with E-state index < -0.39 is 0 Å². The maximum absolute atomic E-state index is 2.28. The molecule has 0 heteroatoms. The number of fused-ring (bicyclic) bond motifs is 1. The molecule has 0 bridgehead atoms. The third-order valence-electron chi connectivity index (χ3n) is 2.79. The molecule has 0 fully saturated rings. The molecule has 0 atom stereocenters. The molecule has 0 radical (unpaired) electrons. The van der Waals surface area contributed by atoms with Gasteiger partial charge < -0.3 is 0 Å². The normalized spacial score (nSPS) is 10.7. The molecule has 0 spiro atoms. The molecule has 0 aliphatic heterocycles. The first-order chi connectivity index (χ1) is 6.20. The largest absolute Gasteiger partial charge is 0.0620 e. The Morgan fingerprint density at radius 2 is 1.46 bits per heavy atom. The van der Waals surface area contributed by atoms with Crippen molar-refractivity contribution in [3.63, 3.8) is 0 Å². The van der Waals surface area contributed by atoms with Crippen molar-refractivity contribution in [2.75, 3.05) is 0 Å². The van der Waals surface area contributed by atoms with Crippen molar-refractivity contribution in [3.05, 3.63) is 47.0 Å². The first-order valence-electron chi connectivity index (χ1n) is 4.65. The highest BCUT2D eigenvalue weighted by Crippen LogP contribution is 2.32. The molecule has 0 aromatic rings. The van der Waals surface area contributed by atoms with E-state index in [1.54, 1.807) is 0 Å². The SMILES string of the molecule is Cc1ccccc2c(C)c(C)cc1-2. The summed E-state index contributed by atoms with van der Waals surface area (Å²) in [6.07, 6.45) is 0. The van der Waals surface area contributed by atoms with Gasteiger partial charge in [-0.25, -0.2) is 0 Å². The second-order valence-electron chi connectivity index (χ2n) is 3.68. The fraction of sp³-hybridized carbons (Fsp3) is 0.231. The summed E-state index contributed by atoms with van der Waals surface area (Å²) in [7, 11) is 0. The van der Waals surface area contributed by atoms with Crippen molar-refractivity contribution >= 4 is 0 Å². The van der Waals surface area contributed by atoms with E-state index in [2.05, 4.69) is 51.1 Å². The van der Waals surface area contributed by atoms with Crippen LogP contribution >= 0.6 is 0 Å². The maximum Gasteiger partial charge on any atom is -0.0149 e. The average Bonchev–Trinajstić information content (AvgIpc) is 2.30. The van der Waals surface area contributed by atoms with Crippen LogP contribution in [0.2, 0.25) is 0 Å². The van der Waals surface area contributed by atoms with Crippen LogP contribution in [-0.4, -0.2) is 0 Å². The smallest absolute Gasteiger partial charge is 0.0149 e. The highest BCUT2D eigenvalue weighted by molar-refractivity contribution is 5.75. The van der Waals surface area contributed by atoms with Crippen LogP contribution in [-0.2, 0) is 0 Å². The molecule has 0 aromatic carbocycles. The summed E-state index contributed by atoms with van der Waals surface area (Å²) in [4.78, 5) is 0. The van der Waals surface area contributed by atoms with Gasteiger partial charge in [0.2, 0.25) is 0 Å². The van der Waals surface area contributed by atoms with Crippen LogP contribution in [0.5, 0.6) is 0 Å². The molecule has 0 N–H and O–H groups in total. The molecule has 2 aliphatic rings. The van der Waals surface area contributed by atoms with Gasteiger partial charge in [-0.15, -0.1) is 0 Å². The molecule has 2 aliphatic carbocycles. The second-order valence-corrected chi connectivity index (χ2v) is 3.68. The van der Waals surface area contributed by atoms with Gasteiger partial charge in [-0.05, 0) is 48.6 Å². The summed E-state index contributed by atoms with van der Waals surface area (Å²) >= 11 is 0. The minimum absolute atomic E-state index is 1.36. The van der Waals surface area contributed by atoms with Crippen molar-refractivity contribution in [1.82, 2.24) is 0 Å². The Hall–Kier alpha value is -1.30. The van der Waals surface area contributed by atoms with Gasteiger partial charge in [0.05, 0.1) is 0 Å². The van der Waals surface area contributed by atoms with E-state index in [0.717, 1.165) is 0 Å². The highest BCUT2D eigenvalue weighted by Gasteiger charge is 2.09. The van der Waals surface area contributed by atoms with E-state index in [9.17, 15) is 0 Å². The Morgan fingerprint density at radius 1 is 0.769 bits per heavy atom. The average molecular weight is 170 g/mol. The van der Waals surface area contributed by atoms with E-state index in [0.29, 0.717) is 0 Å². The van der Waals surface area contributed by atoms with Crippen LogP contribution in [0, 0.1) is 20.8 Å². The zero-order chi connectivity index (χ0) is 9.42. The minimum Gasteiger partial charge on any atom is -0.0620 e. The fourth-order valence-electron chi connectivity index (χ4n) is 1.80. The number of hydrogen-bond donors (Lipinski definition) is 0. The van der Waals surface area contributed by atoms with Gasteiger partial charge in [-0.1, -0.05) is 30.3 Å². The first kappa shape index (κ1) is 8.31. The monoisotopic (exact) mass is 170 g/mol. The lowest BCUT2D eigenvalue weighted by molar-refractivity contribution is 1.41. The molecule has 0 saturated carbocycles. The van der Waals surface area contributed by atoms with Gasteiger partial charge in [0, 0.05) is 0 Å². The third-order valence-corrected chi connectivity index (χ3v) is 2.79. The minimum atomic E-state index is 1.36. The summed E-state index contributed by atoms with van der Waals surface area (Å²) < 4.78 is 0. The second kappa shape index (κ2) is 2.88. The van der Waals surface area contributed by atoms with Crippen LogP contribution < -0.4 is 0 Å². The molecule has 0 heterocycles. The molecule has 0 aromatic heterocycles. The predicted octanol–water partition coefficient (Wildman–Crippen LogP) is 3.72. The Kier molecular flexibility index (Phi) is 1.84. The molecule has 0 saturated heterocycles. The van der Waals surface area contributed by atoms with Crippen molar-refractivity contribution in [1.29, 1.82) is 0 Å². The first-order valence-corrected chi connectivity index (χ1v) is 4.65. The topological polar surface area (TPSA) is 0 Å². The summed E-state index contributed by atoms with van der Waals surface area (Å²) in [5, 5.41) is 0. The fourth-order valence-corrected chi connectivity index (χ4v) is 1.80. The molecule has 13 heavy (non-hydrogen) atoms. The lowest BCUT2D eigenvalue weighted by atomic mass is 10.1. The van der Waals surface area contributed by atoms with Crippen LogP contribution in [0.4, 0.5) is 0 Å². The highest BCUT2D eigenvalue weighted by atomic mass is 14.1. The quantitative estimate of drug-likeness (QED) is 0.565. The van der Waals surface area contributed by atoms with Gasteiger partial charge >= 0.3 is 0 Å². The summed E-state index contributed by atoms with van der Waals surface area (Å²) in [5.74, 6) is 0. The van der Waals surface area contributed by atoms with Gasteiger partial charge in [0.15, 0.2) is 0 Å². The molecule has 0 amide bonds. The number of rotatable bonds is 0. The van der Waals surface area contributed by atoms with Crippen molar-refractivity contribution in [2.45, 2.75) is 20.8 Å². The zero-order valence-electron chi connectivity index (χ0n) is 8.39. The Bertz CT molecular complexity index is 413. The zero-order valence-corrected chi connectivity index (χ0v) is 8.39. The van der Waals surface area contributed by atoms with Crippen LogP contribution in [0.3, 0.4) is 0 Å². The van der Waals surface area contributed by atoms with Gasteiger partial charge in [0.25, 0.3) is 0 Å². The molecular formula is C13H14. The molecular weight excluding hydrogens is 156 g/mol. The van der Waals surface area contributed by atoms with Crippen molar-refractivity contribution in [2.24, 2.45) is 0 Å². The van der Waals surface area contributed by atoms with Gasteiger partial charge in [-0.2, -0.15) is 0 Å². The standard InChI is InChI=1S/C13H14/c1-9-6-4-5-7-12-11(3)10(2)8-13(9)12/h4-8H,1-3H3. The summed E-state index contributed by atoms with van der Waals surface area (Å²) in [5.41, 5.74) is 6.94. The van der Waals surface area contributed by atoms with E-state index in [-0.39, 0.29) is 0 Å². The summed E-state index contributed by atoms with van der Waals surface area (Å²) in [6.45, 7) is 6.53. The van der Waals surface area contributed by atoms with E-state index in [4.69, 9.17) is 0 Å². The lowest BCUT2D eigenvalue weighted by Gasteiger charge is -1.97. The molecule has 66 valence electrons. The van der Waals surface area contributed by atoms with E-state index >= 15 is 0 Å². The van der Waals surface area contributed by atoms with E-state index in [1.807, 2.05) is 0 Å². The summed E-state index contributed by atoms with van der Waals surface area (Å²) in [6, 6.07) is 10.9. The van der Waals surface area contributed by atoms with Crippen molar-refractivity contribution in [3.8, 4) is 11.1 Å². The Balaban J connectivity index is 2.84. The van der Waals surface area contributed by atoms with Crippen LogP contribution in [0.15, 0.2) is 30.3 Å². The maximum atomic E-state index is 2.28. The van der Waals surface area contributed by atoms with Gasteiger partial charge in [-0.3, -0.25) is 0 Å². The van der Waals surface area contributed by atoms with Crippen LogP contribution in [0.25, 0.3) is 11.1 Å². The number of aryl methyl sites for hydroxylation is 2. The molecule has 2 rings (SSSR count). The lowest BCUT2D eigenvalue weighted by Crippen LogP contribution is -1.74. The van der Waals surface area contributed by atoms with Crippen LogP contribution in [0.1, 0.15) is 16.7 Å². The number of hydrogen-bond acceptors (Lipinski definition) is 0. The Morgan fingerprint density at radius 3 is 2.23 bits per heavy atom. The molecule has 0 unspecified atom stereocenters. The third kappa shape index (κ3) is 1.23. The predicted molar refractivity (Wildman–Crippen MR) is 57.3 cm³/mol. The van der Waals surface area contributed by atoms with Gasteiger partial charge in [0.1, 0.15) is 0 Å².